The van der Waals surface area contributed by atoms with Crippen LogP contribution in [0.5, 0.6) is 0 Å². The van der Waals surface area contributed by atoms with E-state index in [4.69, 9.17) is 39.7 Å². The van der Waals surface area contributed by atoms with E-state index in [1.807, 2.05) is 6.92 Å². The Kier molecular flexibility index (Phi) is 23.6. The third-order valence-corrected chi connectivity index (χ3v) is 4.36. The van der Waals surface area contributed by atoms with Gasteiger partial charge in [-0.1, -0.05) is 13.3 Å². The normalized spacial score (nSPS) is 11.0. The first kappa shape index (κ1) is 33.4. The lowest BCUT2D eigenvalue weighted by Crippen LogP contribution is -2.45. The Balaban J connectivity index is 0. The second-order valence-corrected chi connectivity index (χ2v) is 7.44. The van der Waals surface area contributed by atoms with Gasteiger partial charge in [-0.3, -0.25) is 9.59 Å². The van der Waals surface area contributed by atoms with Crippen molar-refractivity contribution in [1.29, 1.82) is 0 Å². The first-order valence-corrected chi connectivity index (χ1v) is 11.4. The zero-order valence-corrected chi connectivity index (χ0v) is 19.7. The SMILES string of the molecule is CCCCOC(CC(=O)O)(CC(=O)O)C(=O)O.OCCCCOCCCCOCCCCO. The van der Waals surface area contributed by atoms with Crippen LogP contribution >= 0.6 is 0 Å². The number of aliphatic hydroxyl groups is 2. The maximum atomic E-state index is 11.0. The van der Waals surface area contributed by atoms with Crippen LogP contribution in [-0.2, 0) is 28.6 Å². The summed E-state index contributed by atoms with van der Waals surface area (Å²) in [6, 6.07) is 0. The van der Waals surface area contributed by atoms with Crippen LogP contribution in [0.15, 0.2) is 0 Å². The van der Waals surface area contributed by atoms with Crippen molar-refractivity contribution in [2.24, 2.45) is 0 Å². The number of carboxylic acid groups (broad SMARTS) is 3. The van der Waals surface area contributed by atoms with Crippen LogP contribution in [0.3, 0.4) is 0 Å². The number of rotatable bonds is 22. The Labute approximate surface area is 195 Å². The van der Waals surface area contributed by atoms with Crippen LogP contribution in [0, 0.1) is 0 Å². The van der Waals surface area contributed by atoms with Crippen molar-refractivity contribution in [2.75, 3.05) is 46.2 Å². The molecule has 0 rings (SSSR count). The van der Waals surface area contributed by atoms with Crippen molar-refractivity contribution in [3.8, 4) is 0 Å². The van der Waals surface area contributed by atoms with Crippen molar-refractivity contribution in [3.63, 3.8) is 0 Å². The quantitative estimate of drug-likeness (QED) is 0.142. The minimum Gasteiger partial charge on any atom is -0.481 e. The van der Waals surface area contributed by atoms with Crippen molar-refractivity contribution in [1.82, 2.24) is 0 Å². The number of carboxylic acids is 3. The fourth-order valence-corrected chi connectivity index (χ4v) is 2.52. The van der Waals surface area contributed by atoms with Gasteiger partial charge < -0.3 is 39.7 Å². The van der Waals surface area contributed by atoms with E-state index in [-0.39, 0.29) is 19.8 Å². The molecule has 0 radical (unpaired) electrons. The molecule has 0 aromatic heterocycles. The van der Waals surface area contributed by atoms with Gasteiger partial charge in [-0.05, 0) is 44.9 Å². The number of aliphatic hydroxyl groups excluding tert-OH is 2. The van der Waals surface area contributed by atoms with Crippen LogP contribution in [0.25, 0.3) is 0 Å². The zero-order valence-electron chi connectivity index (χ0n) is 19.7. The van der Waals surface area contributed by atoms with Gasteiger partial charge in [0.05, 0.1) is 12.8 Å². The summed E-state index contributed by atoms with van der Waals surface area (Å²) in [6.07, 6.45) is 5.10. The molecule has 0 saturated heterocycles. The Morgan fingerprint density at radius 3 is 1.33 bits per heavy atom. The largest absolute Gasteiger partial charge is 0.481 e. The summed E-state index contributed by atoms with van der Waals surface area (Å²) < 4.78 is 15.8. The smallest absolute Gasteiger partial charge is 0.337 e. The molecule has 0 unspecified atom stereocenters. The van der Waals surface area contributed by atoms with E-state index in [0.717, 1.165) is 71.4 Å². The Hall–Kier alpha value is -1.79. The lowest BCUT2D eigenvalue weighted by Gasteiger charge is -2.26. The minimum atomic E-state index is -2.19. The second kappa shape index (κ2) is 23.4. The molecule has 5 N–H and O–H groups in total. The fourth-order valence-electron chi connectivity index (χ4n) is 2.52. The Morgan fingerprint density at radius 1 is 0.636 bits per heavy atom. The third-order valence-electron chi connectivity index (χ3n) is 4.36. The van der Waals surface area contributed by atoms with E-state index in [1.165, 1.54) is 0 Å². The maximum Gasteiger partial charge on any atom is 0.337 e. The standard InChI is InChI=1S/C12H26O4.C10H16O7/c13-7-1-3-9-15-11-5-6-12-16-10-4-2-8-14;1-2-3-4-17-10(9(15)16,5-7(11)12)6-8(13)14/h13-14H,1-12H2;2-6H2,1H3,(H,11,12)(H,13,14)(H,15,16). The number of hydrogen-bond acceptors (Lipinski definition) is 8. The molecule has 0 aromatic rings. The number of hydrogen-bond donors (Lipinski definition) is 5. The molecule has 0 spiro atoms. The van der Waals surface area contributed by atoms with Gasteiger partial charge >= 0.3 is 17.9 Å². The lowest BCUT2D eigenvalue weighted by atomic mass is 9.95. The van der Waals surface area contributed by atoms with Gasteiger partial charge in [0, 0.05) is 46.2 Å². The van der Waals surface area contributed by atoms with Crippen molar-refractivity contribution in [3.05, 3.63) is 0 Å². The number of ether oxygens (including phenoxy) is 3. The van der Waals surface area contributed by atoms with E-state index in [2.05, 4.69) is 0 Å². The number of aliphatic carboxylic acids is 3. The monoisotopic (exact) mass is 482 g/mol. The maximum absolute atomic E-state index is 11.0. The average molecular weight is 483 g/mol. The number of unbranched alkanes of at least 4 members (excludes halogenated alkanes) is 4. The molecule has 11 heteroatoms. The molecular formula is C22H42O11. The van der Waals surface area contributed by atoms with Crippen LogP contribution in [0.2, 0.25) is 0 Å². The molecule has 0 saturated carbocycles. The van der Waals surface area contributed by atoms with Crippen LogP contribution < -0.4 is 0 Å². The molecule has 0 amide bonds. The predicted octanol–water partition coefficient (Wildman–Crippen LogP) is 1.92. The highest BCUT2D eigenvalue weighted by atomic mass is 16.5. The van der Waals surface area contributed by atoms with Gasteiger partial charge in [0.2, 0.25) is 0 Å². The Bertz CT molecular complexity index is 467. The summed E-state index contributed by atoms with van der Waals surface area (Å²) >= 11 is 0. The van der Waals surface area contributed by atoms with Crippen LogP contribution in [0.4, 0.5) is 0 Å². The first-order valence-electron chi connectivity index (χ1n) is 11.4. The molecule has 0 atom stereocenters. The van der Waals surface area contributed by atoms with Crippen molar-refractivity contribution >= 4 is 17.9 Å². The molecule has 0 bridgehead atoms. The number of carbonyl (C=O) groups is 3. The van der Waals surface area contributed by atoms with Crippen molar-refractivity contribution in [2.45, 2.75) is 76.7 Å². The highest BCUT2D eigenvalue weighted by Gasteiger charge is 2.44. The van der Waals surface area contributed by atoms with E-state index < -0.39 is 36.4 Å². The highest BCUT2D eigenvalue weighted by molar-refractivity contribution is 5.88. The van der Waals surface area contributed by atoms with E-state index in [9.17, 15) is 14.4 Å². The summed E-state index contributed by atoms with van der Waals surface area (Å²) in [4.78, 5) is 32.2. The highest BCUT2D eigenvalue weighted by Crippen LogP contribution is 2.22. The molecule has 0 fully saturated rings. The fraction of sp³-hybridized carbons (Fsp3) is 0.864. The molecular weight excluding hydrogens is 440 g/mol. The van der Waals surface area contributed by atoms with Gasteiger partial charge in [-0.25, -0.2) is 4.79 Å². The van der Waals surface area contributed by atoms with Crippen LogP contribution in [0.1, 0.15) is 71.1 Å². The summed E-state index contributed by atoms with van der Waals surface area (Å²) in [5.74, 6) is -4.39. The van der Waals surface area contributed by atoms with Gasteiger partial charge in [0.15, 0.2) is 5.60 Å². The lowest BCUT2D eigenvalue weighted by molar-refractivity contribution is -0.178. The van der Waals surface area contributed by atoms with Gasteiger partial charge in [-0.2, -0.15) is 0 Å². The summed E-state index contributed by atoms with van der Waals surface area (Å²) in [5, 5.41) is 43.3. The van der Waals surface area contributed by atoms with Crippen molar-refractivity contribution < 1.29 is 54.1 Å². The second-order valence-electron chi connectivity index (χ2n) is 7.44. The molecule has 11 nitrogen and oxygen atoms in total. The van der Waals surface area contributed by atoms with Gasteiger partial charge in [-0.15, -0.1) is 0 Å². The molecule has 0 aliphatic carbocycles. The van der Waals surface area contributed by atoms with Crippen LogP contribution in [-0.4, -0.2) is 95.3 Å². The topological polar surface area (TPSA) is 180 Å². The molecule has 196 valence electrons. The predicted molar refractivity (Wildman–Crippen MR) is 119 cm³/mol. The average Bonchev–Trinajstić information content (AvgIpc) is 2.74. The van der Waals surface area contributed by atoms with Gasteiger partial charge in [0.25, 0.3) is 0 Å². The summed E-state index contributed by atoms with van der Waals surface area (Å²) in [5.41, 5.74) is -2.19. The van der Waals surface area contributed by atoms with E-state index in [1.54, 1.807) is 0 Å². The summed E-state index contributed by atoms with van der Waals surface area (Å²) in [7, 11) is 0. The molecule has 0 aromatic carbocycles. The first-order chi connectivity index (χ1) is 15.8. The summed E-state index contributed by atoms with van der Waals surface area (Å²) in [6.45, 7) is 5.44. The van der Waals surface area contributed by atoms with Gasteiger partial charge in [0.1, 0.15) is 0 Å². The molecule has 0 aliphatic heterocycles. The molecule has 0 aliphatic rings. The Morgan fingerprint density at radius 2 is 1.03 bits per heavy atom. The molecule has 0 heterocycles. The van der Waals surface area contributed by atoms with E-state index >= 15 is 0 Å². The third kappa shape index (κ3) is 21.8. The minimum absolute atomic E-state index is 0.0172. The zero-order chi connectivity index (χ0) is 25.4. The molecule has 33 heavy (non-hydrogen) atoms. The van der Waals surface area contributed by atoms with E-state index in [0.29, 0.717) is 6.42 Å².